The highest BCUT2D eigenvalue weighted by molar-refractivity contribution is 6.03. The van der Waals surface area contributed by atoms with E-state index in [-0.39, 0.29) is 12.0 Å². The van der Waals surface area contributed by atoms with Crippen LogP contribution in [0.15, 0.2) is 30.3 Å². The van der Waals surface area contributed by atoms with Crippen molar-refractivity contribution in [3.8, 4) is 23.5 Å². The molecule has 2 heterocycles. The minimum absolute atomic E-state index is 0.257. The zero-order chi connectivity index (χ0) is 24.1. The third kappa shape index (κ3) is 4.45. The zero-order valence-corrected chi connectivity index (χ0v) is 19.9. The molecule has 2 aromatic rings. The molecule has 180 valence electrons. The Morgan fingerprint density at radius 3 is 2.57 bits per heavy atom. The number of terminal acetylenes is 1. The number of nitrogens with one attached hydrogen (secondary N) is 1. The molecule has 1 aromatic carbocycles. The third-order valence-electron chi connectivity index (χ3n) is 7.68. The van der Waals surface area contributed by atoms with Crippen molar-refractivity contribution < 1.29 is 9.59 Å². The normalized spacial score (nSPS) is 22.0. The van der Waals surface area contributed by atoms with Crippen molar-refractivity contribution in [3.63, 3.8) is 0 Å². The Labute approximate surface area is 206 Å². The number of nitrogens with two attached hydrogens (primary N) is 1. The molecule has 3 aliphatic carbocycles. The summed E-state index contributed by atoms with van der Waals surface area (Å²) in [7, 11) is 0. The van der Waals surface area contributed by atoms with Gasteiger partial charge in [-0.2, -0.15) is 0 Å². The third-order valence-corrected chi connectivity index (χ3v) is 7.68. The molecule has 4 aliphatic rings. The zero-order valence-electron chi connectivity index (χ0n) is 19.9. The molecule has 1 aliphatic heterocycles. The van der Waals surface area contributed by atoms with Crippen molar-refractivity contribution in [2.45, 2.75) is 50.5 Å². The molecule has 0 unspecified atom stereocenters. The molecule has 1 atom stereocenters. The standard InChI is InChI=1S/C28H31N5O2/c1-2-25(34)30-21-5-3-4-20(14-21)22-15-23(29)27(31-26(22)18-8-9-18)32-12-13-33(28(35)19-10-11-19)24(16-32)17-6-7-17/h1,3-5,14-15,17-19,24H,6-13,16,29H2,(H,30,34)/t24-/m0/s1. The van der Waals surface area contributed by atoms with Gasteiger partial charge < -0.3 is 20.9 Å². The summed E-state index contributed by atoms with van der Waals surface area (Å²) >= 11 is 0. The average molecular weight is 470 g/mol. The summed E-state index contributed by atoms with van der Waals surface area (Å²) in [6.45, 7) is 2.31. The highest BCUT2D eigenvalue weighted by atomic mass is 16.2. The second-order valence-electron chi connectivity index (χ2n) is 10.4. The number of carbonyl (C=O) groups excluding carboxylic acids is 2. The maximum atomic E-state index is 12.9. The van der Waals surface area contributed by atoms with E-state index in [4.69, 9.17) is 17.1 Å². The fraction of sp³-hybridized carbons (Fsp3) is 0.464. The molecule has 4 fully saturated rings. The number of piperazine rings is 1. The predicted octanol–water partition coefficient (Wildman–Crippen LogP) is 3.62. The van der Waals surface area contributed by atoms with Crippen LogP contribution in [-0.2, 0) is 9.59 Å². The fourth-order valence-corrected chi connectivity index (χ4v) is 5.34. The fourth-order valence-electron chi connectivity index (χ4n) is 5.34. The lowest BCUT2D eigenvalue weighted by atomic mass is 9.99. The van der Waals surface area contributed by atoms with Gasteiger partial charge in [-0.25, -0.2) is 4.98 Å². The lowest BCUT2D eigenvalue weighted by molar-refractivity contribution is -0.135. The summed E-state index contributed by atoms with van der Waals surface area (Å²) < 4.78 is 0. The van der Waals surface area contributed by atoms with Crippen LogP contribution < -0.4 is 16.0 Å². The van der Waals surface area contributed by atoms with Gasteiger partial charge in [0.2, 0.25) is 5.91 Å². The molecule has 3 N–H and O–H groups in total. The molecule has 7 heteroatoms. The van der Waals surface area contributed by atoms with Crippen LogP contribution in [0.3, 0.4) is 0 Å². The summed E-state index contributed by atoms with van der Waals surface area (Å²) in [4.78, 5) is 34.2. The van der Waals surface area contributed by atoms with Crippen LogP contribution in [0.2, 0.25) is 0 Å². The molecule has 0 spiro atoms. The van der Waals surface area contributed by atoms with E-state index >= 15 is 0 Å². The van der Waals surface area contributed by atoms with Gasteiger partial charge in [0.15, 0.2) is 5.82 Å². The van der Waals surface area contributed by atoms with Crippen LogP contribution in [0.4, 0.5) is 17.2 Å². The number of aromatic nitrogens is 1. The Balaban J connectivity index is 1.30. The minimum atomic E-state index is -0.470. The second-order valence-corrected chi connectivity index (χ2v) is 10.4. The number of hydrogen-bond acceptors (Lipinski definition) is 5. The lowest BCUT2D eigenvalue weighted by Crippen LogP contribution is -2.57. The van der Waals surface area contributed by atoms with E-state index in [9.17, 15) is 9.59 Å². The minimum Gasteiger partial charge on any atom is -0.396 e. The number of nitrogens with zero attached hydrogens (tertiary/aromatic N) is 3. The van der Waals surface area contributed by atoms with Crippen LogP contribution in [0.25, 0.3) is 11.1 Å². The van der Waals surface area contributed by atoms with Crippen molar-refractivity contribution in [1.82, 2.24) is 9.88 Å². The Morgan fingerprint density at radius 2 is 1.89 bits per heavy atom. The number of rotatable bonds is 6. The van der Waals surface area contributed by atoms with Crippen molar-refractivity contribution in [2.24, 2.45) is 11.8 Å². The van der Waals surface area contributed by atoms with E-state index in [1.807, 2.05) is 30.3 Å². The van der Waals surface area contributed by atoms with E-state index in [0.717, 1.165) is 68.0 Å². The first-order valence-electron chi connectivity index (χ1n) is 12.8. The monoisotopic (exact) mass is 469 g/mol. The van der Waals surface area contributed by atoms with Gasteiger partial charge in [0, 0.05) is 42.7 Å². The summed E-state index contributed by atoms with van der Waals surface area (Å²) in [6, 6.07) is 9.95. The second kappa shape index (κ2) is 8.60. The first-order valence-corrected chi connectivity index (χ1v) is 12.8. The first kappa shape index (κ1) is 22.0. The highest BCUT2D eigenvalue weighted by Gasteiger charge is 2.45. The summed E-state index contributed by atoms with van der Waals surface area (Å²) in [5, 5.41) is 2.72. The van der Waals surface area contributed by atoms with Crippen LogP contribution >= 0.6 is 0 Å². The first-order chi connectivity index (χ1) is 17.0. The maximum absolute atomic E-state index is 12.9. The number of anilines is 3. The summed E-state index contributed by atoms with van der Waals surface area (Å²) in [5.74, 6) is 4.10. The SMILES string of the molecule is C#CC(=O)Nc1cccc(-c2cc(N)c(N3CCN(C(=O)C4CC4)[C@H](C4CC4)C3)nc2C2CC2)c1. The number of hydrogen-bond donors (Lipinski definition) is 2. The van der Waals surface area contributed by atoms with Crippen LogP contribution in [0.1, 0.15) is 50.1 Å². The molecule has 35 heavy (non-hydrogen) atoms. The number of amides is 2. The quantitative estimate of drug-likeness (QED) is 0.631. The van der Waals surface area contributed by atoms with Gasteiger partial charge in [0.1, 0.15) is 0 Å². The van der Waals surface area contributed by atoms with Crippen LogP contribution in [0.5, 0.6) is 0 Å². The lowest BCUT2D eigenvalue weighted by Gasteiger charge is -2.43. The molecule has 2 amide bonds. The highest BCUT2D eigenvalue weighted by Crippen LogP contribution is 2.46. The molecule has 1 aromatic heterocycles. The Bertz CT molecular complexity index is 1220. The molecule has 0 radical (unpaired) electrons. The molecule has 6 rings (SSSR count). The van der Waals surface area contributed by atoms with Gasteiger partial charge in [-0.05, 0) is 74.1 Å². The van der Waals surface area contributed by atoms with Gasteiger partial charge in [0.05, 0.1) is 17.4 Å². The Hall–Kier alpha value is -3.53. The number of nitrogen functional groups attached to an aromatic ring is 1. The largest absolute Gasteiger partial charge is 0.396 e. The molecule has 3 saturated carbocycles. The van der Waals surface area contributed by atoms with E-state index in [0.29, 0.717) is 29.1 Å². The van der Waals surface area contributed by atoms with Crippen molar-refractivity contribution in [3.05, 3.63) is 36.0 Å². The summed E-state index contributed by atoms with van der Waals surface area (Å²) in [6.07, 6.45) is 11.9. The van der Waals surface area contributed by atoms with Crippen LogP contribution in [-0.4, -0.2) is 47.4 Å². The number of carbonyl (C=O) groups is 2. The van der Waals surface area contributed by atoms with E-state index in [1.165, 1.54) is 12.8 Å². The van der Waals surface area contributed by atoms with Crippen molar-refractivity contribution >= 4 is 29.0 Å². The Morgan fingerprint density at radius 1 is 1.09 bits per heavy atom. The van der Waals surface area contributed by atoms with Crippen molar-refractivity contribution in [2.75, 3.05) is 35.6 Å². The Kier molecular flexibility index (Phi) is 5.40. The van der Waals surface area contributed by atoms with E-state index in [1.54, 1.807) is 0 Å². The average Bonchev–Trinajstić information content (AvgIpc) is 3.73. The van der Waals surface area contributed by atoms with Gasteiger partial charge in [0.25, 0.3) is 5.91 Å². The maximum Gasteiger partial charge on any atom is 0.300 e. The van der Waals surface area contributed by atoms with E-state index in [2.05, 4.69) is 21.0 Å². The smallest absolute Gasteiger partial charge is 0.300 e. The summed E-state index contributed by atoms with van der Waals surface area (Å²) in [5.41, 5.74) is 11.0. The molecular formula is C28H31N5O2. The van der Waals surface area contributed by atoms with Gasteiger partial charge in [-0.15, -0.1) is 6.42 Å². The molecular weight excluding hydrogens is 438 g/mol. The number of benzene rings is 1. The molecule has 7 nitrogen and oxygen atoms in total. The van der Waals surface area contributed by atoms with E-state index < -0.39 is 5.91 Å². The van der Waals surface area contributed by atoms with Gasteiger partial charge in [-0.3, -0.25) is 9.59 Å². The predicted molar refractivity (Wildman–Crippen MR) is 137 cm³/mol. The molecule has 1 saturated heterocycles. The topological polar surface area (TPSA) is 91.6 Å². The van der Waals surface area contributed by atoms with Gasteiger partial charge >= 0.3 is 0 Å². The van der Waals surface area contributed by atoms with Crippen molar-refractivity contribution in [1.29, 1.82) is 0 Å². The number of pyridine rings is 1. The van der Waals surface area contributed by atoms with Gasteiger partial charge in [-0.1, -0.05) is 12.1 Å². The van der Waals surface area contributed by atoms with Crippen LogP contribution in [0, 0.1) is 24.2 Å². The molecule has 0 bridgehead atoms.